The lowest BCUT2D eigenvalue weighted by Gasteiger charge is -2.32. The summed E-state index contributed by atoms with van der Waals surface area (Å²) in [6, 6.07) is 9.87. The Morgan fingerprint density at radius 1 is 1.00 bits per heavy atom. The van der Waals surface area contributed by atoms with E-state index in [1.165, 1.54) is 0 Å². The topological polar surface area (TPSA) is 58.3 Å². The predicted octanol–water partition coefficient (Wildman–Crippen LogP) is 2.04. The number of benzene rings is 1. The maximum atomic E-state index is 5.81. The van der Waals surface area contributed by atoms with Crippen molar-refractivity contribution in [3.8, 4) is 11.5 Å². The Labute approximate surface area is 128 Å². The molecule has 0 N–H and O–H groups in total. The van der Waals surface area contributed by atoms with E-state index in [1.54, 1.807) is 6.33 Å². The number of likely N-dealkylation sites (N-methyl/N-ethyl adjacent to an activating group) is 1. The second-order valence-corrected chi connectivity index (χ2v) is 5.53. The lowest BCUT2D eigenvalue weighted by atomic mass is 10.2. The van der Waals surface area contributed by atoms with Crippen LogP contribution in [0, 0.1) is 0 Å². The highest BCUT2D eigenvalue weighted by Gasteiger charge is 2.21. The zero-order valence-electron chi connectivity index (χ0n) is 12.4. The van der Waals surface area contributed by atoms with Gasteiger partial charge in [-0.25, -0.2) is 9.97 Å². The lowest BCUT2D eigenvalue weighted by molar-refractivity contribution is 0.312. The van der Waals surface area contributed by atoms with Crippen molar-refractivity contribution in [1.82, 2.24) is 19.9 Å². The molecule has 0 spiro atoms. The number of hydrogen-bond acceptors (Lipinski definition) is 6. The van der Waals surface area contributed by atoms with E-state index in [4.69, 9.17) is 4.42 Å². The number of hydrogen-bond donors (Lipinski definition) is 0. The molecule has 22 heavy (non-hydrogen) atoms. The molecular weight excluding hydrogens is 278 g/mol. The zero-order valence-corrected chi connectivity index (χ0v) is 12.4. The third kappa shape index (κ3) is 2.31. The summed E-state index contributed by atoms with van der Waals surface area (Å²) < 4.78 is 5.81. The van der Waals surface area contributed by atoms with Crippen LogP contribution in [0.15, 0.2) is 41.1 Å². The van der Waals surface area contributed by atoms with Gasteiger partial charge in [0.05, 0.1) is 0 Å². The van der Waals surface area contributed by atoms with Gasteiger partial charge in [0, 0.05) is 31.7 Å². The van der Waals surface area contributed by atoms with E-state index >= 15 is 0 Å². The molecule has 6 heteroatoms. The van der Waals surface area contributed by atoms with E-state index in [1.807, 2.05) is 30.3 Å². The Morgan fingerprint density at radius 3 is 2.55 bits per heavy atom. The number of rotatable bonds is 2. The van der Waals surface area contributed by atoms with Crippen LogP contribution in [0.25, 0.3) is 22.7 Å². The first-order valence-corrected chi connectivity index (χ1v) is 7.42. The van der Waals surface area contributed by atoms with Crippen LogP contribution in [0.3, 0.4) is 0 Å². The summed E-state index contributed by atoms with van der Waals surface area (Å²) >= 11 is 0. The molecular formula is C16H17N5O. The van der Waals surface area contributed by atoms with Crippen LogP contribution in [0.4, 0.5) is 5.82 Å². The number of anilines is 1. The average Bonchev–Trinajstić information content (AvgIpc) is 3.01. The van der Waals surface area contributed by atoms with Crippen LogP contribution in [-0.2, 0) is 0 Å². The van der Waals surface area contributed by atoms with Crippen molar-refractivity contribution in [2.24, 2.45) is 0 Å². The Bertz CT molecular complexity index is 778. The smallest absolute Gasteiger partial charge is 0.252 e. The molecule has 1 aromatic carbocycles. The van der Waals surface area contributed by atoms with E-state index < -0.39 is 0 Å². The number of aromatic nitrogens is 3. The maximum Gasteiger partial charge on any atom is 0.252 e. The molecule has 0 atom stereocenters. The van der Waals surface area contributed by atoms with Crippen molar-refractivity contribution in [2.45, 2.75) is 0 Å². The molecule has 3 aromatic rings. The van der Waals surface area contributed by atoms with Gasteiger partial charge in [0.25, 0.3) is 5.71 Å². The van der Waals surface area contributed by atoms with Gasteiger partial charge in [0.2, 0.25) is 5.89 Å². The van der Waals surface area contributed by atoms with E-state index in [0.29, 0.717) is 11.6 Å². The first kappa shape index (κ1) is 13.2. The molecule has 0 radical (unpaired) electrons. The normalized spacial score (nSPS) is 16.3. The van der Waals surface area contributed by atoms with Gasteiger partial charge in [-0.2, -0.15) is 4.98 Å². The fourth-order valence-electron chi connectivity index (χ4n) is 2.70. The minimum atomic E-state index is 0.544. The maximum absolute atomic E-state index is 5.81. The Hall–Kier alpha value is -2.47. The molecule has 0 bridgehead atoms. The molecule has 0 amide bonds. The standard InChI is InChI=1S/C16H17N5O/c1-20-7-9-21(10-8-20)14-13-16(18-11-17-14)22-15(19-13)12-5-3-2-4-6-12/h2-6,11H,7-10H2,1H3. The van der Waals surface area contributed by atoms with Gasteiger partial charge in [-0.15, -0.1) is 0 Å². The summed E-state index contributed by atoms with van der Waals surface area (Å²) in [6.45, 7) is 3.93. The van der Waals surface area contributed by atoms with Crippen LogP contribution >= 0.6 is 0 Å². The lowest BCUT2D eigenvalue weighted by Crippen LogP contribution is -2.44. The minimum Gasteiger partial charge on any atom is -0.417 e. The van der Waals surface area contributed by atoms with Crippen molar-refractivity contribution in [3.05, 3.63) is 36.7 Å². The van der Waals surface area contributed by atoms with E-state index in [2.05, 4.69) is 31.8 Å². The summed E-state index contributed by atoms with van der Waals surface area (Å²) in [5, 5.41) is 0. The van der Waals surface area contributed by atoms with Crippen LogP contribution in [0.2, 0.25) is 0 Å². The summed E-state index contributed by atoms with van der Waals surface area (Å²) in [4.78, 5) is 17.9. The average molecular weight is 295 g/mol. The van der Waals surface area contributed by atoms with Crippen molar-refractivity contribution in [3.63, 3.8) is 0 Å². The summed E-state index contributed by atoms with van der Waals surface area (Å²) in [7, 11) is 2.14. The molecule has 0 saturated carbocycles. The van der Waals surface area contributed by atoms with Crippen LogP contribution < -0.4 is 4.90 Å². The molecule has 2 aromatic heterocycles. The molecule has 1 fully saturated rings. The third-order valence-corrected chi connectivity index (χ3v) is 4.00. The van der Waals surface area contributed by atoms with Crippen LogP contribution in [0.1, 0.15) is 0 Å². The van der Waals surface area contributed by atoms with Crippen molar-refractivity contribution in [2.75, 3.05) is 38.1 Å². The van der Waals surface area contributed by atoms with Crippen molar-refractivity contribution in [1.29, 1.82) is 0 Å². The Balaban J connectivity index is 1.75. The van der Waals surface area contributed by atoms with Gasteiger partial charge in [0.1, 0.15) is 6.33 Å². The first-order valence-electron chi connectivity index (χ1n) is 7.42. The van der Waals surface area contributed by atoms with Crippen molar-refractivity contribution >= 4 is 17.0 Å². The van der Waals surface area contributed by atoms with Gasteiger partial charge in [0.15, 0.2) is 11.3 Å². The molecule has 1 aliphatic rings. The summed E-state index contributed by atoms with van der Waals surface area (Å²) in [5.74, 6) is 1.45. The quantitative estimate of drug-likeness (QED) is 0.721. The first-order chi connectivity index (χ1) is 10.8. The molecule has 112 valence electrons. The molecule has 1 saturated heterocycles. The molecule has 1 aliphatic heterocycles. The van der Waals surface area contributed by atoms with Gasteiger partial charge in [-0.3, -0.25) is 0 Å². The summed E-state index contributed by atoms with van der Waals surface area (Å²) in [6.07, 6.45) is 1.55. The highest BCUT2D eigenvalue weighted by molar-refractivity contribution is 5.83. The monoisotopic (exact) mass is 295 g/mol. The van der Waals surface area contributed by atoms with E-state index in [-0.39, 0.29) is 0 Å². The molecule has 6 nitrogen and oxygen atoms in total. The number of nitrogens with zero attached hydrogens (tertiary/aromatic N) is 5. The van der Waals surface area contributed by atoms with Crippen molar-refractivity contribution < 1.29 is 4.42 Å². The number of oxazole rings is 1. The third-order valence-electron chi connectivity index (χ3n) is 4.00. The van der Waals surface area contributed by atoms with Crippen LogP contribution in [-0.4, -0.2) is 53.1 Å². The second-order valence-electron chi connectivity index (χ2n) is 5.53. The number of piperazine rings is 1. The molecule has 3 heterocycles. The van der Waals surface area contributed by atoms with Crippen LogP contribution in [0.5, 0.6) is 0 Å². The fraction of sp³-hybridized carbons (Fsp3) is 0.312. The zero-order chi connectivity index (χ0) is 14.9. The molecule has 0 unspecified atom stereocenters. The van der Waals surface area contributed by atoms with E-state index in [0.717, 1.165) is 43.1 Å². The van der Waals surface area contributed by atoms with E-state index in [9.17, 15) is 0 Å². The van der Waals surface area contributed by atoms with Gasteiger partial charge >= 0.3 is 0 Å². The van der Waals surface area contributed by atoms with Gasteiger partial charge in [-0.1, -0.05) is 18.2 Å². The Morgan fingerprint density at radius 2 is 1.77 bits per heavy atom. The minimum absolute atomic E-state index is 0.544. The predicted molar refractivity (Wildman–Crippen MR) is 84.7 cm³/mol. The SMILES string of the molecule is CN1CCN(c2ncnc3oc(-c4ccccc4)nc23)CC1. The van der Waals surface area contributed by atoms with Gasteiger partial charge in [-0.05, 0) is 19.2 Å². The molecule has 0 aliphatic carbocycles. The largest absolute Gasteiger partial charge is 0.417 e. The Kier molecular flexibility index (Phi) is 3.23. The highest BCUT2D eigenvalue weighted by atomic mass is 16.4. The fourth-order valence-corrected chi connectivity index (χ4v) is 2.70. The second kappa shape index (κ2) is 5.38. The highest BCUT2D eigenvalue weighted by Crippen LogP contribution is 2.28. The number of fused-ring (bicyclic) bond motifs is 1. The molecule has 4 rings (SSSR count). The van der Waals surface area contributed by atoms with Gasteiger partial charge < -0.3 is 14.2 Å². The summed E-state index contributed by atoms with van der Waals surface area (Å²) in [5.41, 5.74) is 2.23.